The molecule has 1 heterocycles. The zero-order chi connectivity index (χ0) is 11.9. The van der Waals surface area contributed by atoms with Gasteiger partial charge in [-0.15, -0.1) is 0 Å². The average molecular weight is 253 g/mol. The Morgan fingerprint density at radius 2 is 2.29 bits per heavy atom. The largest absolute Gasteiger partial charge is 0.468 e. The zero-order valence-corrected chi connectivity index (χ0v) is 11.5. The van der Waals surface area contributed by atoms with Gasteiger partial charge in [0.25, 0.3) is 0 Å². The van der Waals surface area contributed by atoms with Crippen molar-refractivity contribution >= 4 is 11.8 Å². The van der Waals surface area contributed by atoms with Crippen LogP contribution in [0.5, 0.6) is 0 Å². The van der Waals surface area contributed by atoms with E-state index in [-0.39, 0.29) is 0 Å². The summed E-state index contributed by atoms with van der Waals surface area (Å²) in [5.74, 6) is 4.60. The fourth-order valence-electron chi connectivity index (χ4n) is 2.41. The third kappa shape index (κ3) is 4.40. The maximum Gasteiger partial charge on any atom is 0.120 e. The molecule has 1 aromatic rings. The van der Waals surface area contributed by atoms with Crippen LogP contribution >= 0.6 is 11.8 Å². The monoisotopic (exact) mass is 253 g/mol. The Kier molecular flexibility index (Phi) is 5.46. The normalized spacial score (nSPS) is 18.6. The van der Waals surface area contributed by atoms with Crippen LogP contribution in [0.3, 0.4) is 0 Å². The number of nitrogens with one attached hydrogen (secondary N) is 1. The van der Waals surface area contributed by atoms with Crippen molar-refractivity contribution in [2.24, 2.45) is 5.92 Å². The van der Waals surface area contributed by atoms with Crippen molar-refractivity contribution in [2.75, 3.05) is 18.1 Å². The maximum absolute atomic E-state index is 5.36. The molecular weight excluding hydrogens is 230 g/mol. The molecule has 3 heteroatoms. The van der Waals surface area contributed by atoms with E-state index in [2.05, 4.69) is 24.0 Å². The van der Waals surface area contributed by atoms with E-state index in [1.54, 1.807) is 6.26 Å². The fraction of sp³-hybridized carbons (Fsp3) is 0.714. The minimum Gasteiger partial charge on any atom is -0.468 e. The summed E-state index contributed by atoms with van der Waals surface area (Å²) in [6.45, 7) is 3.22. The Hall–Kier alpha value is -0.410. The number of rotatable bonds is 7. The van der Waals surface area contributed by atoms with E-state index in [1.165, 1.54) is 37.2 Å². The molecular formula is C14H23NOS. The van der Waals surface area contributed by atoms with E-state index < -0.39 is 0 Å². The molecule has 96 valence electrons. The highest BCUT2D eigenvalue weighted by Gasteiger charge is 2.14. The van der Waals surface area contributed by atoms with Crippen molar-refractivity contribution < 1.29 is 4.42 Å². The van der Waals surface area contributed by atoms with Gasteiger partial charge in [-0.25, -0.2) is 0 Å². The van der Waals surface area contributed by atoms with E-state index in [4.69, 9.17) is 4.42 Å². The van der Waals surface area contributed by atoms with Crippen LogP contribution in [0.25, 0.3) is 0 Å². The summed E-state index contributed by atoms with van der Waals surface area (Å²) < 4.78 is 5.36. The molecule has 2 rings (SSSR count). The molecule has 1 atom stereocenters. The zero-order valence-electron chi connectivity index (χ0n) is 10.7. The summed E-state index contributed by atoms with van der Waals surface area (Å²) in [6, 6.07) is 4.31. The summed E-state index contributed by atoms with van der Waals surface area (Å²) >= 11 is 2.10. The van der Waals surface area contributed by atoms with Gasteiger partial charge in [-0.1, -0.05) is 12.8 Å². The summed E-state index contributed by atoms with van der Waals surface area (Å²) in [6.07, 6.45) is 7.58. The van der Waals surface area contributed by atoms with Gasteiger partial charge in [0, 0.05) is 12.3 Å². The standard InChI is InChI=1S/C14H23NOS/c1-12(14-7-4-9-16-14)15-8-10-17-11-13-5-2-3-6-13/h4,7,9,12-13,15H,2-3,5-6,8,10-11H2,1H3. The summed E-state index contributed by atoms with van der Waals surface area (Å²) in [4.78, 5) is 0. The third-order valence-electron chi connectivity index (χ3n) is 3.50. The van der Waals surface area contributed by atoms with Gasteiger partial charge in [0.1, 0.15) is 5.76 Å². The van der Waals surface area contributed by atoms with Crippen molar-refractivity contribution in [1.29, 1.82) is 0 Å². The van der Waals surface area contributed by atoms with E-state index >= 15 is 0 Å². The topological polar surface area (TPSA) is 25.2 Å². The second-order valence-corrected chi connectivity index (χ2v) is 6.07. The Labute approximate surface area is 109 Å². The van der Waals surface area contributed by atoms with Gasteiger partial charge >= 0.3 is 0 Å². The summed E-state index contributed by atoms with van der Waals surface area (Å²) in [7, 11) is 0. The SMILES string of the molecule is CC(NCCSCC1CCCC1)c1ccco1. The average Bonchev–Trinajstić information content (AvgIpc) is 3.01. The lowest BCUT2D eigenvalue weighted by Crippen LogP contribution is -2.21. The minimum atomic E-state index is 0.331. The molecule has 0 saturated heterocycles. The molecule has 1 aliphatic rings. The second-order valence-electron chi connectivity index (χ2n) is 4.92. The van der Waals surface area contributed by atoms with Crippen molar-refractivity contribution in [3.63, 3.8) is 0 Å². The van der Waals surface area contributed by atoms with Crippen molar-refractivity contribution in [3.8, 4) is 0 Å². The maximum atomic E-state index is 5.36. The van der Waals surface area contributed by atoms with E-state index in [9.17, 15) is 0 Å². The number of hydrogen-bond donors (Lipinski definition) is 1. The molecule has 0 spiro atoms. The van der Waals surface area contributed by atoms with Crippen molar-refractivity contribution in [3.05, 3.63) is 24.2 Å². The quantitative estimate of drug-likeness (QED) is 0.747. The van der Waals surface area contributed by atoms with E-state index in [0.29, 0.717) is 6.04 Å². The molecule has 0 aliphatic heterocycles. The summed E-state index contributed by atoms with van der Waals surface area (Å²) in [5.41, 5.74) is 0. The van der Waals surface area contributed by atoms with Crippen LogP contribution < -0.4 is 5.32 Å². The van der Waals surface area contributed by atoms with Crippen molar-refractivity contribution in [2.45, 2.75) is 38.6 Å². The van der Waals surface area contributed by atoms with Crippen LogP contribution in [0.15, 0.2) is 22.8 Å². The lowest BCUT2D eigenvalue weighted by atomic mass is 10.1. The number of thioether (sulfide) groups is 1. The van der Waals surface area contributed by atoms with Crippen LogP contribution in [0.4, 0.5) is 0 Å². The molecule has 0 bridgehead atoms. The van der Waals surface area contributed by atoms with Gasteiger partial charge in [-0.2, -0.15) is 11.8 Å². The van der Waals surface area contributed by atoms with Crippen LogP contribution in [0.2, 0.25) is 0 Å². The van der Waals surface area contributed by atoms with E-state index in [1.807, 2.05) is 12.1 Å². The van der Waals surface area contributed by atoms with Gasteiger partial charge in [-0.3, -0.25) is 0 Å². The molecule has 0 aromatic carbocycles. The second kappa shape index (κ2) is 7.12. The van der Waals surface area contributed by atoms with E-state index in [0.717, 1.165) is 18.2 Å². The molecule has 0 radical (unpaired) electrons. The molecule has 1 N–H and O–H groups in total. The fourth-order valence-corrected chi connectivity index (χ4v) is 3.51. The minimum absolute atomic E-state index is 0.331. The van der Waals surface area contributed by atoms with Gasteiger partial charge < -0.3 is 9.73 Å². The highest BCUT2D eigenvalue weighted by molar-refractivity contribution is 7.99. The van der Waals surface area contributed by atoms with Crippen LogP contribution in [0.1, 0.15) is 44.4 Å². The van der Waals surface area contributed by atoms with Crippen LogP contribution in [0, 0.1) is 5.92 Å². The smallest absolute Gasteiger partial charge is 0.120 e. The number of furan rings is 1. The Balaban J connectivity index is 1.51. The van der Waals surface area contributed by atoms with Crippen LogP contribution in [-0.2, 0) is 0 Å². The molecule has 1 aromatic heterocycles. The molecule has 1 fully saturated rings. The van der Waals surface area contributed by atoms with Gasteiger partial charge in [-0.05, 0) is 43.6 Å². The Morgan fingerprint density at radius 3 is 3.00 bits per heavy atom. The van der Waals surface area contributed by atoms with Crippen LogP contribution in [-0.4, -0.2) is 18.1 Å². The highest BCUT2D eigenvalue weighted by Crippen LogP contribution is 2.27. The first-order valence-corrected chi connectivity index (χ1v) is 7.86. The summed E-state index contributed by atoms with van der Waals surface area (Å²) in [5, 5.41) is 3.50. The first-order chi connectivity index (χ1) is 8.36. The third-order valence-corrected chi connectivity index (χ3v) is 4.70. The van der Waals surface area contributed by atoms with Gasteiger partial charge in [0.05, 0.1) is 12.3 Å². The molecule has 1 unspecified atom stereocenters. The Morgan fingerprint density at radius 1 is 1.47 bits per heavy atom. The van der Waals surface area contributed by atoms with Gasteiger partial charge in [0.15, 0.2) is 0 Å². The molecule has 0 amide bonds. The number of hydrogen-bond acceptors (Lipinski definition) is 3. The first kappa shape index (κ1) is 13.0. The first-order valence-electron chi connectivity index (χ1n) is 6.71. The highest BCUT2D eigenvalue weighted by atomic mass is 32.2. The van der Waals surface area contributed by atoms with Crippen molar-refractivity contribution in [1.82, 2.24) is 5.32 Å². The molecule has 2 nitrogen and oxygen atoms in total. The Bertz CT molecular complexity index is 293. The molecule has 17 heavy (non-hydrogen) atoms. The molecule has 1 saturated carbocycles. The van der Waals surface area contributed by atoms with Gasteiger partial charge in [0.2, 0.25) is 0 Å². The predicted molar refractivity (Wildman–Crippen MR) is 74.4 cm³/mol. The predicted octanol–water partition coefficient (Wildman–Crippen LogP) is 3.85. The molecule has 1 aliphatic carbocycles. The lowest BCUT2D eigenvalue weighted by molar-refractivity contribution is 0.438. The lowest BCUT2D eigenvalue weighted by Gasteiger charge is -2.12.